The summed E-state index contributed by atoms with van der Waals surface area (Å²) in [5.74, 6) is -1.54. The third kappa shape index (κ3) is 3.68. The maximum Gasteiger partial charge on any atom is 0.303 e. The summed E-state index contributed by atoms with van der Waals surface area (Å²) < 4.78 is 5.40. The fraction of sp³-hybridized carbons (Fsp3) is 0.267. The lowest BCUT2D eigenvalue weighted by atomic mass is 10.1. The minimum Gasteiger partial charge on any atom is -0.481 e. The second-order valence-corrected chi connectivity index (χ2v) is 4.78. The zero-order valence-corrected chi connectivity index (χ0v) is 11.5. The molecular weight excluding hydrogens is 274 g/mol. The molecule has 6 nitrogen and oxygen atoms in total. The number of nitrogens with one attached hydrogen (secondary N) is 1. The van der Waals surface area contributed by atoms with Crippen LogP contribution >= 0.6 is 0 Å². The van der Waals surface area contributed by atoms with Gasteiger partial charge in [0.2, 0.25) is 0 Å². The molecule has 1 atom stereocenters. The lowest BCUT2D eigenvalue weighted by Gasteiger charge is -2.12. The van der Waals surface area contributed by atoms with E-state index >= 15 is 0 Å². The molecule has 110 valence electrons. The number of benzene rings is 1. The highest BCUT2D eigenvalue weighted by atomic mass is 16.4. The lowest BCUT2D eigenvalue weighted by molar-refractivity contribution is -0.137. The highest BCUT2D eigenvalue weighted by Gasteiger charge is 2.15. The highest BCUT2D eigenvalue weighted by Crippen LogP contribution is 2.12. The van der Waals surface area contributed by atoms with Gasteiger partial charge in [-0.25, -0.2) is 0 Å². The van der Waals surface area contributed by atoms with Gasteiger partial charge in [0.15, 0.2) is 11.2 Å². The molecule has 0 saturated heterocycles. The zero-order chi connectivity index (χ0) is 15.4. The summed E-state index contributed by atoms with van der Waals surface area (Å²) in [6.07, 6.45) is 0.266. The average molecular weight is 289 g/mol. The summed E-state index contributed by atoms with van der Waals surface area (Å²) >= 11 is 0. The van der Waals surface area contributed by atoms with Crippen molar-refractivity contribution in [3.63, 3.8) is 0 Å². The summed E-state index contributed by atoms with van der Waals surface area (Å²) in [4.78, 5) is 34.4. The topological polar surface area (TPSA) is 96.6 Å². The molecule has 2 aromatic rings. The second-order valence-electron chi connectivity index (χ2n) is 4.78. The summed E-state index contributed by atoms with van der Waals surface area (Å²) in [5, 5.41) is 11.6. The molecule has 1 unspecified atom stereocenters. The minimum absolute atomic E-state index is 0.0386. The molecule has 0 bridgehead atoms. The highest BCUT2D eigenvalue weighted by molar-refractivity contribution is 5.93. The van der Waals surface area contributed by atoms with Crippen LogP contribution in [0.5, 0.6) is 0 Å². The molecule has 1 aromatic heterocycles. The van der Waals surface area contributed by atoms with Gasteiger partial charge in [-0.2, -0.15) is 0 Å². The van der Waals surface area contributed by atoms with Gasteiger partial charge >= 0.3 is 5.97 Å². The Bertz CT molecular complexity index is 734. The van der Waals surface area contributed by atoms with Crippen LogP contribution in [-0.2, 0) is 4.79 Å². The third-order valence-corrected chi connectivity index (χ3v) is 3.03. The molecule has 21 heavy (non-hydrogen) atoms. The SMILES string of the molecule is CC(CCC(=O)O)NC(=O)c1cc(=O)c2ccccc2o1. The molecule has 0 saturated carbocycles. The molecule has 2 N–H and O–H groups in total. The van der Waals surface area contributed by atoms with E-state index in [0.717, 1.165) is 6.07 Å². The molecule has 0 spiro atoms. The van der Waals surface area contributed by atoms with Crippen LogP contribution in [0, 0.1) is 0 Å². The van der Waals surface area contributed by atoms with Gasteiger partial charge in [0.1, 0.15) is 5.58 Å². The summed E-state index contributed by atoms with van der Waals surface area (Å²) in [5.41, 5.74) is 0.0496. The van der Waals surface area contributed by atoms with Crippen molar-refractivity contribution in [3.8, 4) is 0 Å². The molecule has 1 aromatic carbocycles. The molecule has 0 fully saturated rings. The number of amides is 1. The number of carboxylic acids is 1. The predicted molar refractivity (Wildman–Crippen MR) is 76.3 cm³/mol. The first kappa shape index (κ1) is 14.8. The number of hydrogen-bond acceptors (Lipinski definition) is 4. The number of fused-ring (bicyclic) bond motifs is 1. The number of rotatable bonds is 5. The molecule has 0 radical (unpaired) electrons. The molecule has 0 aliphatic heterocycles. The zero-order valence-electron chi connectivity index (χ0n) is 11.5. The Morgan fingerprint density at radius 1 is 1.33 bits per heavy atom. The van der Waals surface area contributed by atoms with Crippen molar-refractivity contribution >= 4 is 22.8 Å². The van der Waals surface area contributed by atoms with Crippen LogP contribution in [0.3, 0.4) is 0 Å². The van der Waals surface area contributed by atoms with Gasteiger partial charge < -0.3 is 14.8 Å². The van der Waals surface area contributed by atoms with E-state index in [1.165, 1.54) is 0 Å². The Kier molecular flexibility index (Phi) is 4.37. The van der Waals surface area contributed by atoms with E-state index in [0.29, 0.717) is 17.4 Å². The largest absolute Gasteiger partial charge is 0.481 e. The normalized spacial score (nSPS) is 12.0. The van der Waals surface area contributed by atoms with E-state index in [1.54, 1.807) is 31.2 Å². The van der Waals surface area contributed by atoms with E-state index in [2.05, 4.69) is 5.32 Å². The van der Waals surface area contributed by atoms with Gasteiger partial charge in [-0.1, -0.05) is 12.1 Å². The first-order valence-corrected chi connectivity index (χ1v) is 6.53. The number of carboxylic acid groups (broad SMARTS) is 1. The monoisotopic (exact) mass is 289 g/mol. The molecular formula is C15H15NO5. The van der Waals surface area contributed by atoms with Crippen molar-refractivity contribution in [2.75, 3.05) is 0 Å². The van der Waals surface area contributed by atoms with E-state index in [9.17, 15) is 14.4 Å². The summed E-state index contributed by atoms with van der Waals surface area (Å²) in [7, 11) is 0. The summed E-state index contributed by atoms with van der Waals surface area (Å²) in [6, 6.07) is 7.47. The Balaban J connectivity index is 2.16. The van der Waals surface area contributed by atoms with E-state index in [-0.39, 0.29) is 23.7 Å². The second kappa shape index (κ2) is 6.21. The van der Waals surface area contributed by atoms with E-state index in [4.69, 9.17) is 9.52 Å². The number of hydrogen-bond donors (Lipinski definition) is 2. The van der Waals surface area contributed by atoms with E-state index < -0.39 is 11.9 Å². The average Bonchev–Trinajstić information content (AvgIpc) is 2.45. The molecule has 6 heteroatoms. The lowest BCUT2D eigenvalue weighted by Crippen LogP contribution is -2.33. The standard InChI is InChI=1S/C15H15NO5/c1-9(6-7-14(18)19)16-15(20)13-8-11(17)10-4-2-3-5-12(10)21-13/h2-5,8-9H,6-7H2,1H3,(H,16,20)(H,18,19). The van der Waals surface area contributed by atoms with Crippen LogP contribution in [0.15, 0.2) is 39.5 Å². The quantitative estimate of drug-likeness (QED) is 0.874. The molecule has 2 rings (SSSR count). The fourth-order valence-corrected chi connectivity index (χ4v) is 1.92. The van der Waals surface area contributed by atoms with Crippen molar-refractivity contribution < 1.29 is 19.1 Å². The van der Waals surface area contributed by atoms with Crippen LogP contribution in [0.2, 0.25) is 0 Å². The first-order chi connectivity index (χ1) is 9.97. The number of para-hydroxylation sites is 1. The van der Waals surface area contributed by atoms with Gasteiger partial charge in [-0.05, 0) is 25.5 Å². The number of carbonyl (C=O) groups is 2. The molecule has 1 amide bonds. The Morgan fingerprint density at radius 2 is 2.05 bits per heavy atom. The van der Waals surface area contributed by atoms with Crippen molar-refractivity contribution in [1.29, 1.82) is 0 Å². The van der Waals surface area contributed by atoms with Crippen molar-refractivity contribution in [2.45, 2.75) is 25.8 Å². The number of carbonyl (C=O) groups excluding carboxylic acids is 1. The molecule has 0 aliphatic rings. The van der Waals surface area contributed by atoms with Crippen LogP contribution in [0.4, 0.5) is 0 Å². The van der Waals surface area contributed by atoms with Gasteiger partial charge in [0.25, 0.3) is 5.91 Å². The molecule has 1 heterocycles. The van der Waals surface area contributed by atoms with E-state index in [1.807, 2.05) is 0 Å². The summed E-state index contributed by atoms with van der Waals surface area (Å²) in [6.45, 7) is 1.69. The Hall–Kier alpha value is -2.63. The van der Waals surface area contributed by atoms with Crippen LogP contribution in [-0.4, -0.2) is 23.0 Å². The molecule has 0 aliphatic carbocycles. The van der Waals surface area contributed by atoms with Crippen molar-refractivity contribution in [2.24, 2.45) is 0 Å². The van der Waals surface area contributed by atoms with Crippen LogP contribution in [0.25, 0.3) is 11.0 Å². The van der Waals surface area contributed by atoms with Gasteiger partial charge in [-0.3, -0.25) is 14.4 Å². The maximum absolute atomic E-state index is 12.0. The fourth-order valence-electron chi connectivity index (χ4n) is 1.92. The van der Waals surface area contributed by atoms with Crippen LogP contribution < -0.4 is 10.7 Å². The van der Waals surface area contributed by atoms with Gasteiger partial charge in [-0.15, -0.1) is 0 Å². The third-order valence-electron chi connectivity index (χ3n) is 3.03. The van der Waals surface area contributed by atoms with Crippen molar-refractivity contribution in [3.05, 3.63) is 46.3 Å². The first-order valence-electron chi connectivity index (χ1n) is 6.53. The predicted octanol–water partition coefficient (Wildman–Crippen LogP) is 1.78. The Labute approximate surface area is 120 Å². The number of aliphatic carboxylic acids is 1. The van der Waals surface area contributed by atoms with Crippen LogP contribution in [0.1, 0.15) is 30.3 Å². The minimum atomic E-state index is -0.923. The Morgan fingerprint density at radius 3 is 2.76 bits per heavy atom. The van der Waals surface area contributed by atoms with Crippen molar-refractivity contribution in [1.82, 2.24) is 5.32 Å². The smallest absolute Gasteiger partial charge is 0.303 e. The van der Waals surface area contributed by atoms with Gasteiger partial charge in [0.05, 0.1) is 5.39 Å². The maximum atomic E-state index is 12.0. The van der Waals surface area contributed by atoms with Gasteiger partial charge in [0, 0.05) is 18.5 Å².